The van der Waals surface area contributed by atoms with E-state index in [0.717, 1.165) is 0 Å². The molecule has 4 rings (SSSR count). The van der Waals surface area contributed by atoms with Crippen LogP contribution in [0.25, 0.3) is 16.3 Å². The van der Waals surface area contributed by atoms with Gasteiger partial charge in [0, 0.05) is 0 Å². The fourth-order valence-corrected chi connectivity index (χ4v) is 2.72. The van der Waals surface area contributed by atoms with Gasteiger partial charge in [-0.05, 0) is 45.2 Å². The van der Waals surface area contributed by atoms with E-state index in [9.17, 15) is 0 Å². The Balaban J connectivity index is 1.95. The summed E-state index contributed by atoms with van der Waals surface area (Å²) in [6.07, 6.45) is 11.0. The van der Waals surface area contributed by atoms with Gasteiger partial charge in [-0.15, -0.1) is 0 Å². The molecule has 0 unspecified atom stereocenters. The van der Waals surface area contributed by atoms with E-state index in [-0.39, 0.29) is 0 Å². The molecule has 0 atom stereocenters. The number of benzene rings is 2. The van der Waals surface area contributed by atoms with Crippen LogP contribution in [0.15, 0.2) is 84.0 Å². The molecule has 2 aliphatic carbocycles. The first kappa shape index (κ1) is 9.67. The predicted octanol–water partition coefficient (Wildman–Crippen LogP) is 4.66. The monoisotopic (exact) mass is 228 g/mol. The maximum atomic E-state index is 2.27. The Morgan fingerprint density at radius 3 is 2.44 bits per heavy atom. The number of hydrogen-bond acceptors (Lipinski definition) is 0. The molecule has 18 heavy (non-hydrogen) atoms. The number of hydrogen-bond donors (Lipinski definition) is 0. The van der Waals surface area contributed by atoms with Gasteiger partial charge in [-0.2, -0.15) is 0 Å². The normalized spacial score (nSPS) is 16.6. The number of allylic oxidation sites excluding steroid dienone is 8. The Labute approximate surface area is 106 Å². The first-order chi connectivity index (χ1) is 8.92. The lowest BCUT2D eigenvalue weighted by Gasteiger charge is -2.05. The van der Waals surface area contributed by atoms with Crippen LogP contribution in [0.3, 0.4) is 0 Å². The van der Waals surface area contributed by atoms with Gasteiger partial charge in [-0.1, -0.05) is 60.7 Å². The Morgan fingerprint density at radius 2 is 1.50 bits per heavy atom. The quantitative estimate of drug-likeness (QED) is 0.666. The highest BCUT2D eigenvalue weighted by Crippen LogP contribution is 2.36. The summed E-state index contributed by atoms with van der Waals surface area (Å²) in [5, 5.41) is 2.63. The second-order valence-electron chi connectivity index (χ2n) is 4.71. The zero-order valence-electron chi connectivity index (χ0n) is 9.93. The maximum absolute atomic E-state index is 2.27. The average molecular weight is 228 g/mol. The van der Waals surface area contributed by atoms with E-state index in [0.29, 0.717) is 0 Å². The van der Waals surface area contributed by atoms with Gasteiger partial charge in [0.2, 0.25) is 0 Å². The standard InChI is InChI=1S/C18H12/c1-2-9-17-13(5-1)6-4-10-18(17)16-11-14-7-3-8-15(14)12-16/h1-12H. The molecule has 0 aromatic heterocycles. The largest absolute Gasteiger partial charge is 0.0616 e. The summed E-state index contributed by atoms with van der Waals surface area (Å²) in [4.78, 5) is 0. The fraction of sp³-hybridized carbons (Fsp3) is 0. The highest BCUT2D eigenvalue weighted by Gasteiger charge is 2.14. The second kappa shape index (κ2) is 3.58. The molecule has 0 fully saturated rings. The first-order valence-electron chi connectivity index (χ1n) is 6.22. The molecule has 84 valence electrons. The molecule has 0 amide bonds. The van der Waals surface area contributed by atoms with Crippen molar-refractivity contribution < 1.29 is 0 Å². The van der Waals surface area contributed by atoms with E-state index < -0.39 is 0 Å². The van der Waals surface area contributed by atoms with Gasteiger partial charge in [-0.3, -0.25) is 0 Å². The molecule has 0 nitrogen and oxygen atoms in total. The van der Waals surface area contributed by atoms with Crippen LogP contribution in [0.1, 0.15) is 5.56 Å². The summed E-state index contributed by atoms with van der Waals surface area (Å²) in [5.74, 6) is 0. The Morgan fingerprint density at radius 1 is 0.667 bits per heavy atom. The highest BCUT2D eigenvalue weighted by atomic mass is 14.2. The third-order valence-corrected chi connectivity index (χ3v) is 3.61. The molecule has 2 aromatic carbocycles. The lowest BCUT2D eigenvalue weighted by molar-refractivity contribution is 1.68. The van der Waals surface area contributed by atoms with Crippen molar-refractivity contribution >= 4 is 16.3 Å². The Hall–Kier alpha value is -2.34. The van der Waals surface area contributed by atoms with Crippen molar-refractivity contribution in [2.24, 2.45) is 0 Å². The zero-order valence-corrected chi connectivity index (χ0v) is 9.93. The second-order valence-corrected chi connectivity index (χ2v) is 4.71. The molecule has 0 saturated heterocycles. The Bertz CT molecular complexity index is 762. The van der Waals surface area contributed by atoms with Crippen molar-refractivity contribution in [3.63, 3.8) is 0 Å². The van der Waals surface area contributed by atoms with Gasteiger partial charge < -0.3 is 0 Å². The van der Waals surface area contributed by atoms with Crippen LogP contribution in [-0.4, -0.2) is 0 Å². The van der Waals surface area contributed by atoms with E-state index in [4.69, 9.17) is 0 Å². The van der Waals surface area contributed by atoms with E-state index in [2.05, 4.69) is 72.8 Å². The van der Waals surface area contributed by atoms with Crippen molar-refractivity contribution in [1.82, 2.24) is 0 Å². The molecule has 0 spiro atoms. The minimum absolute atomic E-state index is 1.30. The molecule has 0 bridgehead atoms. The summed E-state index contributed by atoms with van der Waals surface area (Å²) in [5.41, 5.74) is 5.30. The van der Waals surface area contributed by atoms with Crippen molar-refractivity contribution in [3.05, 3.63) is 89.6 Å². The smallest absolute Gasteiger partial charge is 0.0105 e. The van der Waals surface area contributed by atoms with E-state index in [1.54, 1.807) is 0 Å². The number of rotatable bonds is 1. The van der Waals surface area contributed by atoms with Gasteiger partial charge in [0.1, 0.15) is 0 Å². The van der Waals surface area contributed by atoms with Crippen LogP contribution >= 0.6 is 0 Å². The van der Waals surface area contributed by atoms with Gasteiger partial charge in [0.15, 0.2) is 0 Å². The lowest BCUT2D eigenvalue weighted by atomic mass is 9.99. The molecule has 2 aromatic rings. The van der Waals surface area contributed by atoms with Crippen LogP contribution < -0.4 is 0 Å². The maximum Gasteiger partial charge on any atom is -0.0105 e. The van der Waals surface area contributed by atoms with Crippen molar-refractivity contribution in [3.8, 4) is 0 Å². The fourth-order valence-electron chi connectivity index (χ4n) is 2.72. The predicted molar refractivity (Wildman–Crippen MR) is 77.2 cm³/mol. The average Bonchev–Trinajstić information content (AvgIpc) is 2.99. The van der Waals surface area contributed by atoms with Crippen LogP contribution in [0.2, 0.25) is 0 Å². The summed E-state index contributed by atoms with van der Waals surface area (Å²) in [6.45, 7) is 0. The van der Waals surface area contributed by atoms with Gasteiger partial charge in [0.25, 0.3) is 0 Å². The lowest BCUT2D eigenvalue weighted by Crippen LogP contribution is -1.82. The van der Waals surface area contributed by atoms with Crippen molar-refractivity contribution in [1.29, 1.82) is 0 Å². The zero-order chi connectivity index (χ0) is 11.9. The van der Waals surface area contributed by atoms with Crippen LogP contribution in [0, 0.1) is 0 Å². The summed E-state index contributed by atoms with van der Waals surface area (Å²) < 4.78 is 0. The molecule has 0 saturated carbocycles. The van der Waals surface area contributed by atoms with Crippen LogP contribution in [-0.2, 0) is 0 Å². The van der Waals surface area contributed by atoms with Crippen LogP contribution in [0.5, 0.6) is 0 Å². The molecular weight excluding hydrogens is 216 g/mol. The SMILES string of the molecule is C1=CC2=CC(c3cccc4ccccc34)=CC2=C1. The van der Waals surface area contributed by atoms with Gasteiger partial charge in [0.05, 0.1) is 0 Å². The third-order valence-electron chi connectivity index (χ3n) is 3.61. The minimum Gasteiger partial charge on any atom is -0.0616 e. The summed E-state index contributed by atoms with van der Waals surface area (Å²) in [6, 6.07) is 15.1. The summed E-state index contributed by atoms with van der Waals surface area (Å²) in [7, 11) is 0. The first-order valence-corrected chi connectivity index (χ1v) is 6.22. The van der Waals surface area contributed by atoms with Gasteiger partial charge >= 0.3 is 0 Å². The minimum atomic E-state index is 1.30. The number of fused-ring (bicyclic) bond motifs is 2. The summed E-state index contributed by atoms with van der Waals surface area (Å²) >= 11 is 0. The molecule has 0 N–H and O–H groups in total. The molecule has 0 heterocycles. The third kappa shape index (κ3) is 1.32. The molecule has 2 aliphatic rings. The van der Waals surface area contributed by atoms with Gasteiger partial charge in [-0.25, -0.2) is 0 Å². The topological polar surface area (TPSA) is 0 Å². The molecule has 0 radical (unpaired) electrons. The Kier molecular flexibility index (Phi) is 1.92. The van der Waals surface area contributed by atoms with E-state index in [1.807, 2.05) is 0 Å². The molecule has 0 aliphatic heterocycles. The molecular formula is C18H12. The van der Waals surface area contributed by atoms with Crippen molar-refractivity contribution in [2.45, 2.75) is 0 Å². The van der Waals surface area contributed by atoms with E-state index >= 15 is 0 Å². The van der Waals surface area contributed by atoms with E-state index in [1.165, 1.54) is 33.1 Å². The molecule has 0 heteroatoms. The van der Waals surface area contributed by atoms with Crippen LogP contribution in [0.4, 0.5) is 0 Å². The highest BCUT2D eigenvalue weighted by molar-refractivity contribution is 5.99. The van der Waals surface area contributed by atoms with Crippen molar-refractivity contribution in [2.75, 3.05) is 0 Å².